The van der Waals surface area contributed by atoms with Crippen LogP contribution < -0.4 is 5.32 Å². The van der Waals surface area contributed by atoms with Crippen molar-refractivity contribution in [3.63, 3.8) is 0 Å². The van der Waals surface area contributed by atoms with Crippen molar-refractivity contribution in [1.82, 2.24) is 10.2 Å². The van der Waals surface area contributed by atoms with E-state index in [1.807, 2.05) is 14.0 Å². The number of hydrogen-bond acceptors (Lipinski definition) is 3. The Morgan fingerprint density at radius 2 is 2.08 bits per heavy atom. The molecule has 0 aromatic carbocycles. The number of nitrogens with zero attached hydrogens (tertiary/aromatic N) is 1. The van der Waals surface area contributed by atoms with Crippen molar-refractivity contribution in [3.8, 4) is 0 Å². The minimum atomic E-state index is -0.184. The molecule has 0 saturated carbocycles. The monoisotopic (exact) mass is 172 g/mol. The van der Waals surface area contributed by atoms with E-state index in [9.17, 15) is 5.11 Å². The van der Waals surface area contributed by atoms with Crippen molar-refractivity contribution in [3.05, 3.63) is 0 Å². The molecule has 3 heteroatoms. The first-order valence-electron chi connectivity index (χ1n) is 4.80. The second kappa shape index (κ2) is 4.80. The largest absolute Gasteiger partial charge is 0.392 e. The Balaban J connectivity index is 2.17. The molecular weight excluding hydrogens is 152 g/mol. The summed E-state index contributed by atoms with van der Waals surface area (Å²) < 4.78 is 0. The number of likely N-dealkylation sites (tertiary alicyclic amines) is 1. The first kappa shape index (κ1) is 9.96. The van der Waals surface area contributed by atoms with Crippen LogP contribution in [0, 0.1) is 0 Å². The highest BCUT2D eigenvalue weighted by Crippen LogP contribution is 2.09. The van der Waals surface area contributed by atoms with E-state index in [1.54, 1.807) is 0 Å². The van der Waals surface area contributed by atoms with E-state index in [1.165, 1.54) is 12.8 Å². The number of aliphatic hydroxyl groups is 1. The summed E-state index contributed by atoms with van der Waals surface area (Å²) in [7, 11) is 2.02. The molecule has 0 bridgehead atoms. The predicted octanol–water partition coefficient (Wildman–Crippen LogP) is 0.0510. The van der Waals surface area contributed by atoms with Gasteiger partial charge in [0, 0.05) is 12.6 Å². The first-order chi connectivity index (χ1) is 5.72. The molecule has 3 nitrogen and oxygen atoms in total. The van der Waals surface area contributed by atoms with E-state index in [2.05, 4.69) is 10.2 Å². The summed E-state index contributed by atoms with van der Waals surface area (Å²) in [5, 5.41) is 12.5. The van der Waals surface area contributed by atoms with Gasteiger partial charge in [0.05, 0.1) is 6.10 Å². The van der Waals surface area contributed by atoms with Gasteiger partial charge in [0.2, 0.25) is 0 Å². The molecule has 1 unspecified atom stereocenters. The highest BCUT2D eigenvalue weighted by Gasteiger charge is 2.17. The maximum Gasteiger partial charge on any atom is 0.0639 e. The average molecular weight is 172 g/mol. The molecule has 72 valence electrons. The molecule has 0 aromatic heterocycles. The molecular formula is C9H20N2O. The van der Waals surface area contributed by atoms with Crippen LogP contribution in [0.5, 0.6) is 0 Å². The zero-order valence-corrected chi connectivity index (χ0v) is 8.08. The zero-order valence-electron chi connectivity index (χ0n) is 8.08. The van der Waals surface area contributed by atoms with Crippen LogP contribution in [0.4, 0.5) is 0 Å². The molecule has 1 heterocycles. The lowest BCUT2D eigenvalue weighted by Crippen LogP contribution is -2.43. The third-order valence-corrected chi connectivity index (χ3v) is 2.52. The number of piperidine rings is 1. The third kappa shape index (κ3) is 3.09. The SMILES string of the molecule is CNC1CCN(CC(C)O)CC1. The molecule has 12 heavy (non-hydrogen) atoms. The van der Waals surface area contributed by atoms with Gasteiger partial charge < -0.3 is 15.3 Å². The molecule has 0 amide bonds. The van der Waals surface area contributed by atoms with Gasteiger partial charge in [0.25, 0.3) is 0 Å². The quantitative estimate of drug-likeness (QED) is 0.631. The number of β-amino-alcohol motifs (C(OH)–C–C–N with tert-alkyl or cyclic N) is 1. The summed E-state index contributed by atoms with van der Waals surface area (Å²) >= 11 is 0. The fourth-order valence-electron chi connectivity index (χ4n) is 1.78. The van der Waals surface area contributed by atoms with Crippen molar-refractivity contribution in [2.75, 3.05) is 26.7 Å². The number of rotatable bonds is 3. The second-order valence-electron chi connectivity index (χ2n) is 3.71. The average Bonchev–Trinajstić information content (AvgIpc) is 2.05. The molecule has 0 radical (unpaired) electrons. The molecule has 1 aliphatic rings. The summed E-state index contributed by atoms with van der Waals surface area (Å²) in [6, 6.07) is 0.690. The molecule has 1 saturated heterocycles. The molecule has 1 fully saturated rings. The van der Waals surface area contributed by atoms with Crippen molar-refractivity contribution in [2.45, 2.75) is 31.9 Å². The van der Waals surface area contributed by atoms with Crippen molar-refractivity contribution >= 4 is 0 Å². The van der Waals surface area contributed by atoms with Crippen LogP contribution in [-0.4, -0.2) is 48.8 Å². The highest BCUT2D eigenvalue weighted by molar-refractivity contribution is 4.76. The van der Waals surface area contributed by atoms with Crippen LogP contribution in [0.15, 0.2) is 0 Å². The molecule has 0 aromatic rings. The Kier molecular flexibility index (Phi) is 3.98. The van der Waals surface area contributed by atoms with Crippen LogP contribution >= 0.6 is 0 Å². The van der Waals surface area contributed by atoms with E-state index in [-0.39, 0.29) is 6.10 Å². The van der Waals surface area contributed by atoms with Gasteiger partial charge in [-0.15, -0.1) is 0 Å². The van der Waals surface area contributed by atoms with Crippen LogP contribution in [0.2, 0.25) is 0 Å². The van der Waals surface area contributed by atoms with E-state index in [0.717, 1.165) is 19.6 Å². The van der Waals surface area contributed by atoms with Crippen molar-refractivity contribution in [1.29, 1.82) is 0 Å². The summed E-state index contributed by atoms with van der Waals surface area (Å²) in [4.78, 5) is 2.33. The second-order valence-corrected chi connectivity index (χ2v) is 3.71. The molecule has 1 rings (SSSR count). The topological polar surface area (TPSA) is 35.5 Å². The van der Waals surface area contributed by atoms with Crippen molar-refractivity contribution in [2.24, 2.45) is 0 Å². The van der Waals surface area contributed by atoms with Gasteiger partial charge in [-0.3, -0.25) is 0 Å². The maximum absolute atomic E-state index is 9.17. The molecule has 2 N–H and O–H groups in total. The smallest absolute Gasteiger partial charge is 0.0639 e. The van der Waals surface area contributed by atoms with E-state index in [4.69, 9.17) is 0 Å². The van der Waals surface area contributed by atoms with Crippen molar-refractivity contribution < 1.29 is 5.11 Å². The Bertz CT molecular complexity index is 120. The third-order valence-electron chi connectivity index (χ3n) is 2.52. The molecule has 1 atom stereocenters. The standard InChI is InChI=1S/C9H20N2O/c1-8(12)7-11-5-3-9(10-2)4-6-11/h8-10,12H,3-7H2,1-2H3. The van der Waals surface area contributed by atoms with Gasteiger partial charge in [-0.25, -0.2) is 0 Å². The van der Waals surface area contributed by atoms with Crippen LogP contribution in [0.25, 0.3) is 0 Å². The predicted molar refractivity (Wildman–Crippen MR) is 50.2 cm³/mol. The summed E-state index contributed by atoms with van der Waals surface area (Å²) in [6.07, 6.45) is 2.24. The van der Waals surface area contributed by atoms with Gasteiger partial charge in [0.15, 0.2) is 0 Å². The van der Waals surface area contributed by atoms with E-state index in [0.29, 0.717) is 6.04 Å². The summed E-state index contributed by atoms with van der Waals surface area (Å²) in [5.41, 5.74) is 0. The van der Waals surface area contributed by atoms with Gasteiger partial charge in [0.1, 0.15) is 0 Å². The van der Waals surface area contributed by atoms with E-state index >= 15 is 0 Å². The van der Waals surface area contributed by atoms with Crippen LogP contribution in [0.3, 0.4) is 0 Å². The number of nitrogens with one attached hydrogen (secondary N) is 1. The maximum atomic E-state index is 9.17. The summed E-state index contributed by atoms with van der Waals surface area (Å²) in [5.74, 6) is 0. The fraction of sp³-hybridized carbons (Fsp3) is 1.00. The number of hydrogen-bond donors (Lipinski definition) is 2. The minimum Gasteiger partial charge on any atom is -0.392 e. The van der Waals surface area contributed by atoms with Crippen LogP contribution in [0.1, 0.15) is 19.8 Å². The van der Waals surface area contributed by atoms with Crippen LogP contribution in [-0.2, 0) is 0 Å². The van der Waals surface area contributed by atoms with Gasteiger partial charge in [-0.05, 0) is 39.9 Å². The van der Waals surface area contributed by atoms with Gasteiger partial charge in [-0.1, -0.05) is 0 Å². The molecule has 1 aliphatic heterocycles. The van der Waals surface area contributed by atoms with E-state index < -0.39 is 0 Å². The lowest BCUT2D eigenvalue weighted by Gasteiger charge is -2.32. The van der Waals surface area contributed by atoms with Gasteiger partial charge in [-0.2, -0.15) is 0 Å². The Hall–Kier alpha value is -0.120. The highest BCUT2D eigenvalue weighted by atomic mass is 16.3. The normalized spacial score (nSPS) is 24.2. The molecule has 0 aliphatic carbocycles. The first-order valence-corrected chi connectivity index (χ1v) is 4.80. The zero-order chi connectivity index (χ0) is 8.97. The minimum absolute atomic E-state index is 0.184. The fourth-order valence-corrected chi connectivity index (χ4v) is 1.78. The number of aliphatic hydroxyl groups excluding tert-OH is 1. The Labute approximate surface area is 74.8 Å². The Morgan fingerprint density at radius 3 is 2.50 bits per heavy atom. The molecule has 0 spiro atoms. The lowest BCUT2D eigenvalue weighted by molar-refractivity contribution is 0.106. The Morgan fingerprint density at radius 1 is 1.50 bits per heavy atom. The summed E-state index contributed by atoms with van der Waals surface area (Å²) in [6.45, 7) is 4.92. The van der Waals surface area contributed by atoms with Gasteiger partial charge >= 0.3 is 0 Å². The lowest BCUT2D eigenvalue weighted by atomic mass is 10.1.